The number of aromatic hydroxyl groups is 1. The molecule has 1 atom stereocenters. The topological polar surface area (TPSA) is 94.4 Å². The van der Waals surface area contributed by atoms with E-state index in [4.69, 9.17) is 15.0 Å². The van der Waals surface area contributed by atoms with Crippen LogP contribution in [-0.2, 0) is 10.3 Å². The van der Waals surface area contributed by atoms with Crippen molar-refractivity contribution in [2.75, 3.05) is 12.3 Å². The van der Waals surface area contributed by atoms with Crippen LogP contribution in [0.3, 0.4) is 0 Å². The van der Waals surface area contributed by atoms with E-state index in [0.29, 0.717) is 18.0 Å². The SMILES string of the molecule is CC1(c2noc(-c3cccc(N)c3O)n2)CCCO1. The normalized spacial score (nSPS) is 22.8. The van der Waals surface area contributed by atoms with Crippen molar-refractivity contribution in [1.29, 1.82) is 0 Å². The lowest BCUT2D eigenvalue weighted by Crippen LogP contribution is -2.21. The first-order valence-corrected chi connectivity index (χ1v) is 6.16. The molecule has 0 radical (unpaired) electrons. The Balaban J connectivity index is 1.99. The second-order valence-electron chi connectivity index (χ2n) is 4.85. The monoisotopic (exact) mass is 261 g/mol. The highest BCUT2D eigenvalue weighted by Crippen LogP contribution is 2.37. The maximum atomic E-state index is 9.91. The minimum Gasteiger partial charge on any atom is -0.505 e. The Morgan fingerprint density at radius 2 is 2.26 bits per heavy atom. The predicted octanol–water partition coefficient (Wildman–Crippen LogP) is 2.05. The zero-order valence-electron chi connectivity index (χ0n) is 10.6. The average Bonchev–Trinajstić information content (AvgIpc) is 3.02. The van der Waals surface area contributed by atoms with Gasteiger partial charge in [-0.15, -0.1) is 0 Å². The van der Waals surface area contributed by atoms with Crippen molar-refractivity contribution < 1.29 is 14.4 Å². The number of nitrogens with zero attached hydrogens (tertiary/aromatic N) is 2. The lowest BCUT2D eigenvalue weighted by atomic mass is 10.0. The minimum absolute atomic E-state index is 0.0461. The molecule has 3 N–H and O–H groups in total. The van der Waals surface area contributed by atoms with Crippen LogP contribution in [-0.4, -0.2) is 21.9 Å². The van der Waals surface area contributed by atoms with Crippen molar-refractivity contribution in [3.05, 3.63) is 24.0 Å². The minimum atomic E-state index is -0.502. The van der Waals surface area contributed by atoms with Crippen molar-refractivity contribution in [3.63, 3.8) is 0 Å². The molecule has 0 bridgehead atoms. The summed E-state index contributed by atoms with van der Waals surface area (Å²) >= 11 is 0. The van der Waals surface area contributed by atoms with Gasteiger partial charge in [-0.1, -0.05) is 11.2 Å². The first-order valence-electron chi connectivity index (χ1n) is 6.16. The third-order valence-electron chi connectivity index (χ3n) is 3.42. The molecule has 2 aromatic rings. The fourth-order valence-electron chi connectivity index (χ4n) is 2.24. The maximum absolute atomic E-state index is 9.91. The summed E-state index contributed by atoms with van der Waals surface area (Å²) in [5.74, 6) is 0.702. The highest BCUT2D eigenvalue weighted by molar-refractivity contribution is 5.71. The molecule has 3 rings (SSSR count). The third-order valence-corrected chi connectivity index (χ3v) is 3.42. The molecule has 1 aliphatic rings. The van der Waals surface area contributed by atoms with Crippen LogP contribution in [0.25, 0.3) is 11.5 Å². The molecular weight excluding hydrogens is 246 g/mol. The van der Waals surface area contributed by atoms with Crippen molar-refractivity contribution in [1.82, 2.24) is 10.1 Å². The molecule has 6 heteroatoms. The average molecular weight is 261 g/mol. The highest BCUT2D eigenvalue weighted by atomic mass is 16.5. The molecule has 0 amide bonds. The lowest BCUT2D eigenvalue weighted by molar-refractivity contribution is 0.00768. The van der Waals surface area contributed by atoms with E-state index in [1.165, 1.54) is 0 Å². The highest BCUT2D eigenvalue weighted by Gasteiger charge is 2.36. The molecule has 1 saturated heterocycles. The first-order chi connectivity index (χ1) is 9.10. The van der Waals surface area contributed by atoms with Gasteiger partial charge in [0.25, 0.3) is 5.89 Å². The van der Waals surface area contributed by atoms with Gasteiger partial charge < -0.3 is 20.1 Å². The Morgan fingerprint density at radius 1 is 1.42 bits per heavy atom. The van der Waals surface area contributed by atoms with Crippen LogP contribution in [0.15, 0.2) is 22.7 Å². The summed E-state index contributed by atoms with van der Waals surface area (Å²) in [7, 11) is 0. The molecule has 0 aliphatic carbocycles. The summed E-state index contributed by atoms with van der Waals surface area (Å²) in [4.78, 5) is 4.32. The van der Waals surface area contributed by atoms with Crippen LogP contribution in [0.4, 0.5) is 5.69 Å². The van der Waals surface area contributed by atoms with Gasteiger partial charge in [-0.3, -0.25) is 0 Å². The number of phenolic OH excluding ortho intramolecular Hbond substituents is 1. The summed E-state index contributed by atoms with van der Waals surface area (Å²) in [6.45, 7) is 2.64. The molecule has 0 saturated carbocycles. The van der Waals surface area contributed by atoms with Crippen molar-refractivity contribution in [3.8, 4) is 17.2 Å². The van der Waals surface area contributed by atoms with E-state index in [1.807, 2.05) is 6.92 Å². The Hall–Kier alpha value is -2.08. The molecule has 0 spiro atoms. The molecule has 2 heterocycles. The van der Waals surface area contributed by atoms with Crippen LogP contribution >= 0.6 is 0 Å². The quantitative estimate of drug-likeness (QED) is 0.634. The predicted molar refractivity (Wildman–Crippen MR) is 68.3 cm³/mol. The zero-order chi connectivity index (χ0) is 13.5. The number of rotatable bonds is 2. The molecule has 1 fully saturated rings. The number of phenols is 1. The fraction of sp³-hybridized carbons (Fsp3) is 0.385. The Labute approximate surface area is 110 Å². The number of aromatic nitrogens is 2. The summed E-state index contributed by atoms with van der Waals surface area (Å²) in [5, 5.41) is 13.9. The number of nitrogen functional groups attached to an aromatic ring is 1. The molecule has 1 aromatic carbocycles. The van der Waals surface area contributed by atoms with Gasteiger partial charge >= 0.3 is 0 Å². The van der Waals surface area contributed by atoms with Gasteiger partial charge in [0.15, 0.2) is 5.75 Å². The van der Waals surface area contributed by atoms with Crippen LogP contribution in [0.5, 0.6) is 5.75 Å². The second-order valence-corrected chi connectivity index (χ2v) is 4.85. The molecular formula is C13H15N3O3. The van der Waals surface area contributed by atoms with Crippen LogP contribution in [0.2, 0.25) is 0 Å². The number of benzene rings is 1. The van der Waals surface area contributed by atoms with Crippen molar-refractivity contribution >= 4 is 5.69 Å². The van der Waals surface area contributed by atoms with E-state index in [1.54, 1.807) is 18.2 Å². The number of para-hydroxylation sites is 1. The van der Waals surface area contributed by atoms with Gasteiger partial charge in [0.05, 0.1) is 11.3 Å². The molecule has 1 aromatic heterocycles. The standard InChI is InChI=1S/C13H15N3O3/c1-13(6-3-7-18-13)12-15-11(19-16-12)8-4-2-5-9(14)10(8)17/h2,4-5,17H,3,6-7,14H2,1H3. The molecule has 1 unspecified atom stereocenters. The van der Waals surface area contributed by atoms with E-state index >= 15 is 0 Å². The van der Waals surface area contributed by atoms with Gasteiger partial charge in [0.1, 0.15) is 5.60 Å². The second kappa shape index (κ2) is 4.24. The van der Waals surface area contributed by atoms with Gasteiger partial charge in [0, 0.05) is 6.61 Å². The Bertz CT molecular complexity index is 603. The zero-order valence-corrected chi connectivity index (χ0v) is 10.6. The third kappa shape index (κ3) is 1.94. The largest absolute Gasteiger partial charge is 0.505 e. The summed E-state index contributed by atoms with van der Waals surface area (Å²) < 4.78 is 10.9. The summed E-state index contributed by atoms with van der Waals surface area (Å²) in [6.07, 6.45) is 1.83. The van der Waals surface area contributed by atoms with Gasteiger partial charge in [-0.25, -0.2) is 0 Å². The number of hydrogen-bond donors (Lipinski definition) is 2. The molecule has 19 heavy (non-hydrogen) atoms. The Morgan fingerprint density at radius 3 is 3.00 bits per heavy atom. The maximum Gasteiger partial charge on any atom is 0.261 e. The summed E-state index contributed by atoms with van der Waals surface area (Å²) in [6, 6.07) is 5.01. The van der Waals surface area contributed by atoms with Crippen LogP contribution < -0.4 is 5.73 Å². The van der Waals surface area contributed by atoms with E-state index < -0.39 is 5.60 Å². The van der Waals surface area contributed by atoms with E-state index in [-0.39, 0.29) is 17.3 Å². The van der Waals surface area contributed by atoms with E-state index in [2.05, 4.69) is 10.1 Å². The van der Waals surface area contributed by atoms with E-state index in [0.717, 1.165) is 12.8 Å². The van der Waals surface area contributed by atoms with Crippen molar-refractivity contribution in [2.45, 2.75) is 25.4 Å². The van der Waals surface area contributed by atoms with Crippen LogP contribution in [0, 0.1) is 0 Å². The number of hydrogen-bond acceptors (Lipinski definition) is 6. The number of anilines is 1. The number of nitrogens with two attached hydrogens (primary N) is 1. The Kier molecular flexibility index (Phi) is 2.67. The van der Waals surface area contributed by atoms with Gasteiger partial charge in [-0.2, -0.15) is 4.98 Å². The first kappa shape index (κ1) is 12.0. The smallest absolute Gasteiger partial charge is 0.261 e. The lowest BCUT2D eigenvalue weighted by Gasteiger charge is -2.17. The molecule has 6 nitrogen and oxygen atoms in total. The van der Waals surface area contributed by atoms with Gasteiger partial charge in [-0.05, 0) is 31.9 Å². The van der Waals surface area contributed by atoms with Gasteiger partial charge in [0.2, 0.25) is 5.82 Å². The van der Waals surface area contributed by atoms with E-state index in [9.17, 15) is 5.11 Å². The fourth-order valence-corrected chi connectivity index (χ4v) is 2.24. The number of ether oxygens (including phenoxy) is 1. The van der Waals surface area contributed by atoms with Crippen LogP contribution in [0.1, 0.15) is 25.6 Å². The molecule has 1 aliphatic heterocycles. The molecule has 100 valence electrons. The summed E-state index contributed by atoms with van der Waals surface area (Å²) in [5.41, 5.74) is 5.86. The van der Waals surface area contributed by atoms with Crippen molar-refractivity contribution in [2.24, 2.45) is 0 Å².